The molecule has 4 fully saturated rings. The zero-order valence-electron chi connectivity index (χ0n) is 54.1. The van der Waals surface area contributed by atoms with E-state index in [1.165, 1.54) is 80.7 Å². The fourth-order valence-electron chi connectivity index (χ4n) is 12.3. The van der Waals surface area contributed by atoms with Crippen LogP contribution in [0.5, 0.6) is 0 Å². The first-order chi connectivity index (χ1) is 42.1. The number of anilines is 1. The summed E-state index contributed by atoms with van der Waals surface area (Å²) in [6.07, 6.45) is -1.65. The van der Waals surface area contributed by atoms with E-state index in [9.17, 15) is 52.7 Å². The Morgan fingerprint density at radius 2 is 1.03 bits per heavy atom. The van der Waals surface area contributed by atoms with Gasteiger partial charge in [-0.05, 0) is 88.7 Å². The number of ether oxygens (including phenoxy) is 2. The van der Waals surface area contributed by atoms with E-state index in [4.69, 9.17) is 24.6 Å². The van der Waals surface area contributed by atoms with Crippen LogP contribution in [0.3, 0.4) is 0 Å². The molecule has 1 aliphatic carbocycles. The van der Waals surface area contributed by atoms with Crippen LogP contribution in [0.1, 0.15) is 127 Å². The van der Waals surface area contributed by atoms with Crippen LogP contribution in [-0.2, 0) is 57.4 Å². The largest absolute Gasteiger partial charge is 0.458 e. The molecule has 4 saturated heterocycles. The number of aryl methyl sites for hydroxylation is 1. The number of nitrogens with zero attached hydrogens (tertiary/aromatic N) is 7. The number of amides is 10. The highest BCUT2D eigenvalue weighted by Gasteiger charge is 2.46. The minimum atomic E-state index is -1.88. The molecule has 2 unspecified atom stereocenters. The third-order valence-electron chi connectivity index (χ3n) is 17.5. The number of carbonyl (C=O) groups is 12. The second kappa shape index (κ2) is 27.6. The maximum atomic E-state index is 15.2. The Balaban J connectivity index is 1.32. The van der Waals surface area contributed by atoms with Crippen molar-refractivity contribution in [1.82, 2.24) is 55.7 Å². The van der Waals surface area contributed by atoms with Gasteiger partial charge in [0.2, 0.25) is 52.7 Å². The number of rotatable bonds is 8. The van der Waals surface area contributed by atoms with Gasteiger partial charge >= 0.3 is 11.9 Å². The number of carbonyl (C=O) groups excluding carboxylic acids is 12. The molecule has 0 radical (unpaired) electrons. The first-order valence-corrected chi connectivity index (χ1v) is 30.5. The summed E-state index contributed by atoms with van der Waals surface area (Å²) >= 11 is 0. The number of hydrogen-bond acceptors (Lipinski definition) is 18. The van der Waals surface area contributed by atoms with Gasteiger partial charge in [0.25, 0.3) is 11.8 Å². The molecule has 490 valence electrons. The molecule has 10 amide bonds. The first kappa shape index (κ1) is 68.8. The Kier molecular flexibility index (Phi) is 21.1. The Hall–Kier alpha value is -8.72. The summed E-state index contributed by atoms with van der Waals surface area (Å²) in [5.74, 6) is -12.4. The Labute approximate surface area is 522 Å². The van der Waals surface area contributed by atoms with Gasteiger partial charge in [0.1, 0.15) is 71.8 Å². The lowest BCUT2D eigenvalue weighted by molar-refractivity contribution is -0.163. The highest BCUT2D eigenvalue weighted by molar-refractivity contribution is 6.10. The predicted octanol–water partition coefficient (Wildman–Crippen LogP) is 0.726. The molecule has 0 saturated carbocycles. The molecule has 1 aromatic carbocycles. The zero-order chi connectivity index (χ0) is 67.0. The lowest BCUT2D eigenvalue weighted by Crippen LogP contribution is -2.61. The predicted molar refractivity (Wildman–Crippen MR) is 325 cm³/mol. The van der Waals surface area contributed by atoms with Gasteiger partial charge in [-0.3, -0.25) is 52.7 Å². The Morgan fingerprint density at radius 3 is 1.44 bits per heavy atom. The monoisotopic (exact) mass is 1250 g/mol. The molecule has 0 spiro atoms. The van der Waals surface area contributed by atoms with Gasteiger partial charge in [-0.1, -0.05) is 61.5 Å². The van der Waals surface area contributed by atoms with Crippen molar-refractivity contribution in [2.45, 2.75) is 169 Å². The van der Waals surface area contributed by atoms with Crippen LogP contribution >= 0.6 is 0 Å². The summed E-state index contributed by atoms with van der Waals surface area (Å²) < 4.78 is 18.3. The highest BCUT2D eigenvalue weighted by atomic mass is 16.6. The van der Waals surface area contributed by atoms with Crippen molar-refractivity contribution in [1.29, 1.82) is 0 Å². The van der Waals surface area contributed by atoms with E-state index < -0.39 is 191 Å². The van der Waals surface area contributed by atoms with Crippen LogP contribution in [-0.4, -0.2) is 220 Å². The van der Waals surface area contributed by atoms with Crippen LogP contribution in [0.4, 0.5) is 5.69 Å². The molecule has 0 bridgehead atoms. The van der Waals surface area contributed by atoms with Gasteiger partial charge in [0.15, 0.2) is 11.3 Å². The van der Waals surface area contributed by atoms with Crippen molar-refractivity contribution in [3.8, 4) is 11.5 Å². The third-order valence-corrected chi connectivity index (χ3v) is 17.5. The van der Waals surface area contributed by atoms with E-state index in [1.807, 2.05) is 0 Å². The molecule has 6 N–H and O–H groups in total. The number of nitrogens with two attached hydrogens (primary N) is 1. The van der Waals surface area contributed by atoms with Crippen molar-refractivity contribution in [3.05, 3.63) is 44.6 Å². The standard InChI is InChI=1S/C62H86N12O16/c1-27(2)42-59(84)73-23-17-19-36(73)57(82)69(13)25-38(75)71(15)48(29(5)6)61(86)88-33(11)44(55(80)65-42)67-53(78)35-22-21-31(9)51-46(35)64-47-40(41(63)50(77)32(10)52(47)90-51)54(79)68-45-34(12)89-62(87)49(30(7)8)72(16)39(76)26-70(14)58(83)37-20-18-24-74(37)60(85)43(28(3)4)66-56(45)81/h21-22,27-30,33-34,36-37,42-45,48-49H,17-20,23-26,63H2,1-16H3,(H,65,80)(H,66,81)(H,67,78)(H,68,79)/t33-,34-,36+,37+,42-,43?,44+,45?,48+,49+/m1/s1. The molecule has 6 aliphatic rings. The maximum absolute atomic E-state index is 15.2. The Morgan fingerprint density at radius 1 is 0.611 bits per heavy atom. The normalized spacial score (nSPS) is 26.2. The van der Waals surface area contributed by atoms with Gasteiger partial charge in [-0.2, -0.15) is 0 Å². The maximum Gasteiger partial charge on any atom is 0.329 e. The molecular formula is C62H86N12O16. The van der Waals surface area contributed by atoms with Crippen LogP contribution < -0.4 is 32.4 Å². The minimum absolute atomic E-state index is 0.0763. The molecule has 90 heavy (non-hydrogen) atoms. The lowest BCUT2D eigenvalue weighted by atomic mass is 9.98. The number of fused-ring (bicyclic) bond motifs is 4. The summed E-state index contributed by atoms with van der Waals surface area (Å²) in [6, 6.07) is -7.90. The van der Waals surface area contributed by atoms with Gasteiger partial charge in [0, 0.05) is 46.8 Å². The number of hydrogen-bond donors (Lipinski definition) is 5. The molecule has 5 heterocycles. The second-order valence-corrected chi connectivity index (χ2v) is 25.5. The lowest BCUT2D eigenvalue weighted by Gasteiger charge is -2.36. The molecule has 0 aromatic heterocycles. The van der Waals surface area contributed by atoms with E-state index in [2.05, 4.69) is 21.3 Å². The minimum Gasteiger partial charge on any atom is -0.458 e. The summed E-state index contributed by atoms with van der Waals surface area (Å²) in [4.78, 5) is 199. The molecule has 7 rings (SSSR count). The fourth-order valence-corrected chi connectivity index (χ4v) is 12.3. The number of nitrogens with one attached hydrogen (secondary N) is 4. The van der Waals surface area contributed by atoms with Crippen molar-refractivity contribution in [3.63, 3.8) is 0 Å². The number of nitrogen functional groups attached to an aromatic ring is 1. The summed E-state index contributed by atoms with van der Waals surface area (Å²) in [5, 5.41) is 10.7. The Bertz CT molecular complexity index is 3420. The SMILES string of the molecule is Cc1c2oc3c(C)ccc(C(=O)N[C@@H]4C(=O)N[C@H](C(C)C)C(=O)N5CCC[C@H]5C(=O)N(C)CC(=O)N(C)[C@@H](C(C)C)C(=O)O[C@@H]4C)c3nc-2c(C(=O)NC2C(=O)NC(C(C)C)C(=O)N3CCC[C@H]3C(=O)N(C)CC(=O)N(C)[C@@H](C(C)C)C(=O)O[C@@H]2C)c(N)c1=O. The summed E-state index contributed by atoms with van der Waals surface area (Å²) in [7, 11) is 5.59. The average Bonchev–Trinajstić information content (AvgIpc) is 0.893. The van der Waals surface area contributed by atoms with E-state index in [0.29, 0.717) is 18.4 Å². The van der Waals surface area contributed by atoms with E-state index in [-0.39, 0.29) is 53.9 Å². The number of likely N-dealkylation sites (N-methyl/N-ethyl adjacent to an activating group) is 4. The van der Waals surface area contributed by atoms with Crippen LogP contribution in [0.25, 0.3) is 22.6 Å². The number of esters is 2. The van der Waals surface area contributed by atoms with E-state index >= 15 is 9.59 Å². The third kappa shape index (κ3) is 13.7. The molecule has 10 atom stereocenters. The smallest absolute Gasteiger partial charge is 0.329 e. The van der Waals surface area contributed by atoms with Crippen LogP contribution in [0.15, 0.2) is 21.3 Å². The molecule has 5 aliphatic heterocycles. The van der Waals surface area contributed by atoms with E-state index in [0.717, 1.165) is 9.80 Å². The van der Waals surface area contributed by atoms with Crippen molar-refractivity contribution < 1.29 is 71.4 Å². The quantitative estimate of drug-likeness (QED) is 0.118. The van der Waals surface area contributed by atoms with Gasteiger partial charge in [-0.15, -0.1) is 0 Å². The topological polar surface area (TPSA) is 360 Å². The zero-order valence-corrected chi connectivity index (χ0v) is 54.1. The van der Waals surface area contributed by atoms with Crippen molar-refractivity contribution in [2.24, 2.45) is 23.7 Å². The van der Waals surface area contributed by atoms with Crippen molar-refractivity contribution in [2.75, 3.05) is 60.1 Å². The van der Waals surface area contributed by atoms with Crippen LogP contribution in [0, 0.1) is 37.5 Å². The number of benzene rings is 2. The number of aromatic nitrogens is 1. The van der Waals surface area contributed by atoms with E-state index in [1.54, 1.807) is 62.3 Å². The van der Waals surface area contributed by atoms with Gasteiger partial charge in [-0.25, -0.2) is 14.6 Å². The number of cyclic esters (lactones) is 2. The molecule has 28 heteroatoms. The van der Waals surface area contributed by atoms with Crippen molar-refractivity contribution >= 4 is 87.8 Å². The fraction of sp³-hybridized carbons (Fsp3) is 0.613. The average molecular weight is 1260 g/mol. The molecule has 1 aromatic rings. The first-order valence-electron chi connectivity index (χ1n) is 30.5. The highest BCUT2D eigenvalue weighted by Crippen LogP contribution is 2.35. The summed E-state index contributed by atoms with van der Waals surface area (Å²) in [5.41, 5.74) is 3.57. The summed E-state index contributed by atoms with van der Waals surface area (Å²) in [6.45, 7) is 18.4. The van der Waals surface area contributed by atoms with Gasteiger partial charge in [0.05, 0.1) is 29.9 Å². The van der Waals surface area contributed by atoms with Crippen LogP contribution in [0.2, 0.25) is 0 Å². The molecule has 28 nitrogen and oxygen atoms in total. The van der Waals surface area contributed by atoms with Gasteiger partial charge < -0.3 is 70.3 Å². The second-order valence-electron chi connectivity index (χ2n) is 25.5. The molecular weight excluding hydrogens is 1170 g/mol.